The van der Waals surface area contributed by atoms with E-state index in [0.29, 0.717) is 23.8 Å². The quantitative estimate of drug-likeness (QED) is 0.882. The Hall–Kier alpha value is -0.800. The Bertz CT molecular complexity index is 431. The highest BCUT2D eigenvalue weighted by Crippen LogP contribution is 2.23. The molecule has 1 aliphatic rings. The van der Waals surface area contributed by atoms with Gasteiger partial charge in [0.05, 0.1) is 24.0 Å². The van der Waals surface area contributed by atoms with E-state index in [1.807, 2.05) is 12.1 Å². The van der Waals surface area contributed by atoms with Gasteiger partial charge in [0.15, 0.2) is 0 Å². The first-order valence-electron chi connectivity index (χ1n) is 5.99. The van der Waals surface area contributed by atoms with Crippen LogP contribution in [0, 0.1) is 17.2 Å². The number of piperidine rings is 1. The second kappa shape index (κ2) is 9.16. The van der Waals surface area contributed by atoms with Crippen LogP contribution in [0.25, 0.3) is 0 Å². The lowest BCUT2D eigenvalue weighted by atomic mass is 9.99. The lowest BCUT2D eigenvalue weighted by molar-refractivity contribution is 0.215. The van der Waals surface area contributed by atoms with Crippen molar-refractivity contribution >= 4 is 27.8 Å². The van der Waals surface area contributed by atoms with Gasteiger partial charge >= 0.3 is 0 Å². The van der Waals surface area contributed by atoms with E-state index in [1.54, 1.807) is 6.07 Å². The predicted molar refractivity (Wildman–Crippen MR) is 78.0 cm³/mol. The van der Waals surface area contributed by atoms with Crippen molar-refractivity contribution in [3.05, 3.63) is 28.2 Å². The van der Waals surface area contributed by atoms with E-state index in [-0.39, 0.29) is 0 Å². The summed E-state index contributed by atoms with van der Waals surface area (Å²) in [6.07, 6.45) is 2.30. The van der Waals surface area contributed by atoms with Gasteiger partial charge in [-0.15, -0.1) is 0 Å². The van der Waals surface area contributed by atoms with Crippen molar-refractivity contribution in [1.82, 2.24) is 5.32 Å². The van der Waals surface area contributed by atoms with Gasteiger partial charge in [-0.3, -0.25) is 4.66 Å². The third-order valence-electron chi connectivity index (χ3n) is 3.00. The number of benzene rings is 1. The summed E-state index contributed by atoms with van der Waals surface area (Å²) < 4.78 is 13.1. The van der Waals surface area contributed by atoms with Crippen molar-refractivity contribution in [2.24, 2.45) is 5.92 Å². The maximum Gasteiger partial charge on any atom is 0.137 e. The standard InChI is InChI=1S/C13H15BrN2O.ClHO/c14-12-1-2-13(11(7-12)8-15)17-9-10-3-5-16-6-4-10;1-2/h1-2,7,10,16H,3-6,9H2;2H. The first-order chi connectivity index (χ1) is 9.29. The zero-order valence-electron chi connectivity index (χ0n) is 10.4. The van der Waals surface area contributed by atoms with Crippen LogP contribution in [0.3, 0.4) is 0 Å². The van der Waals surface area contributed by atoms with Crippen LogP contribution in [-0.4, -0.2) is 24.4 Å². The van der Waals surface area contributed by atoms with Crippen molar-refractivity contribution in [2.45, 2.75) is 12.8 Å². The number of halogens is 2. The molecule has 0 aromatic heterocycles. The molecule has 4 nitrogen and oxygen atoms in total. The molecule has 2 N–H and O–H groups in total. The Morgan fingerprint density at radius 3 is 2.74 bits per heavy atom. The van der Waals surface area contributed by atoms with Crippen molar-refractivity contribution < 1.29 is 9.40 Å². The normalized spacial score (nSPS) is 15.1. The highest BCUT2D eigenvalue weighted by molar-refractivity contribution is 9.10. The molecule has 0 saturated carbocycles. The molecule has 1 heterocycles. The number of nitriles is 1. The summed E-state index contributed by atoms with van der Waals surface area (Å²) in [7, 11) is 0. The molecule has 2 rings (SSSR count). The highest BCUT2D eigenvalue weighted by Gasteiger charge is 2.14. The van der Waals surface area contributed by atoms with E-state index in [0.717, 1.165) is 30.4 Å². The Morgan fingerprint density at radius 1 is 1.42 bits per heavy atom. The molecule has 1 fully saturated rings. The molecular formula is C13H16BrClN2O2. The monoisotopic (exact) mass is 346 g/mol. The Kier molecular flexibility index (Phi) is 7.84. The van der Waals surface area contributed by atoms with Gasteiger partial charge in [0, 0.05) is 4.47 Å². The summed E-state index contributed by atoms with van der Waals surface area (Å²) in [5.41, 5.74) is 0.591. The molecule has 1 aliphatic heterocycles. The topological polar surface area (TPSA) is 65.3 Å². The van der Waals surface area contributed by atoms with Crippen LogP contribution in [0.15, 0.2) is 22.7 Å². The minimum absolute atomic E-state index is 0.591. The first kappa shape index (κ1) is 16.3. The number of ether oxygens (including phenoxy) is 1. The van der Waals surface area contributed by atoms with E-state index in [9.17, 15) is 0 Å². The number of rotatable bonds is 3. The second-order valence-corrected chi connectivity index (χ2v) is 5.17. The van der Waals surface area contributed by atoms with Crippen LogP contribution >= 0.6 is 27.8 Å². The van der Waals surface area contributed by atoms with Gasteiger partial charge in [0.2, 0.25) is 0 Å². The minimum Gasteiger partial charge on any atom is -0.492 e. The van der Waals surface area contributed by atoms with E-state index in [1.165, 1.54) is 0 Å². The molecule has 1 aromatic carbocycles. The highest BCUT2D eigenvalue weighted by atomic mass is 79.9. The lowest BCUT2D eigenvalue weighted by Gasteiger charge is -2.22. The van der Waals surface area contributed by atoms with Crippen molar-refractivity contribution in [3.63, 3.8) is 0 Å². The molecule has 1 saturated heterocycles. The Labute approximate surface area is 126 Å². The van der Waals surface area contributed by atoms with E-state index < -0.39 is 0 Å². The third-order valence-corrected chi connectivity index (χ3v) is 3.49. The smallest absolute Gasteiger partial charge is 0.137 e. The van der Waals surface area contributed by atoms with Crippen molar-refractivity contribution in [2.75, 3.05) is 19.7 Å². The maximum absolute atomic E-state index is 9.02. The van der Waals surface area contributed by atoms with Gasteiger partial charge in [-0.05, 0) is 50.0 Å². The fraction of sp³-hybridized carbons (Fsp3) is 0.462. The van der Waals surface area contributed by atoms with Gasteiger partial charge in [0.25, 0.3) is 0 Å². The van der Waals surface area contributed by atoms with E-state index in [2.05, 4.69) is 39.2 Å². The molecule has 0 unspecified atom stereocenters. The molecule has 0 atom stereocenters. The average Bonchev–Trinajstić information content (AvgIpc) is 2.49. The largest absolute Gasteiger partial charge is 0.492 e. The zero-order valence-corrected chi connectivity index (χ0v) is 12.7. The SMILES string of the molecule is N#Cc1cc(Br)ccc1OCC1CCNCC1.OCl. The van der Waals surface area contributed by atoms with Crippen LogP contribution in [-0.2, 0) is 0 Å². The summed E-state index contributed by atoms with van der Waals surface area (Å²) in [5.74, 6) is 1.29. The van der Waals surface area contributed by atoms with Crippen LogP contribution in [0.4, 0.5) is 0 Å². The summed E-state index contributed by atoms with van der Waals surface area (Å²) in [6, 6.07) is 7.70. The minimum atomic E-state index is 0.591. The zero-order chi connectivity index (χ0) is 14.1. The molecule has 0 amide bonds. The first-order valence-corrected chi connectivity index (χ1v) is 7.13. The number of hydrogen-bond donors (Lipinski definition) is 2. The average molecular weight is 348 g/mol. The molecule has 6 heteroatoms. The summed E-state index contributed by atoms with van der Waals surface area (Å²) >= 11 is 6.99. The van der Waals surface area contributed by atoms with Crippen molar-refractivity contribution in [1.29, 1.82) is 5.26 Å². The Balaban J connectivity index is 0.000000861. The number of nitrogens with one attached hydrogen (secondary N) is 1. The number of nitrogens with zero attached hydrogens (tertiary/aromatic N) is 1. The van der Waals surface area contributed by atoms with E-state index >= 15 is 0 Å². The summed E-state index contributed by atoms with van der Waals surface area (Å²) in [4.78, 5) is 0. The molecule has 0 bridgehead atoms. The molecule has 0 radical (unpaired) electrons. The van der Waals surface area contributed by atoms with Crippen LogP contribution in [0.2, 0.25) is 0 Å². The van der Waals surface area contributed by atoms with Gasteiger partial charge in [0.1, 0.15) is 11.8 Å². The predicted octanol–water partition coefficient (Wildman–Crippen LogP) is 2.83. The van der Waals surface area contributed by atoms with Crippen LogP contribution in [0.5, 0.6) is 5.75 Å². The summed E-state index contributed by atoms with van der Waals surface area (Å²) in [6.45, 7) is 2.84. The molecule has 19 heavy (non-hydrogen) atoms. The van der Waals surface area contributed by atoms with Crippen molar-refractivity contribution in [3.8, 4) is 11.8 Å². The molecule has 0 aliphatic carbocycles. The molecular weight excluding hydrogens is 332 g/mol. The van der Waals surface area contributed by atoms with E-state index in [4.69, 9.17) is 14.7 Å². The molecule has 0 spiro atoms. The fourth-order valence-corrected chi connectivity index (χ4v) is 2.33. The summed E-state index contributed by atoms with van der Waals surface area (Å²) in [5, 5.41) is 12.3. The molecule has 104 valence electrons. The van der Waals surface area contributed by atoms with Crippen LogP contribution < -0.4 is 10.1 Å². The van der Waals surface area contributed by atoms with Gasteiger partial charge in [-0.1, -0.05) is 15.9 Å². The van der Waals surface area contributed by atoms with Gasteiger partial charge in [-0.2, -0.15) is 5.26 Å². The maximum atomic E-state index is 9.02. The lowest BCUT2D eigenvalue weighted by Crippen LogP contribution is -2.30. The fourth-order valence-electron chi connectivity index (χ4n) is 1.97. The number of hydrogen-bond acceptors (Lipinski definition) is 4. The second-order valence-electron chi connectivity index (χ2n) is 4.26. The van der Waals surface area contributed by atoms with Gasteiger partial charge < -0.3 is 10.1 Å². The van der Waals surface area contributed by atoms with Crippen LogP contribution in [0.1, 0.15) is 18.4 Å². The van der Waals surface area contributed by atoms with Gasteiger partial charge in [-0.25, -0.2) is 0 Å². The third kappa shape index (κ3) is 5.37. The Morgan fingerprint density at radius 2 is 2.11 bits per heavy atom. The molecule has 1 aromatic rings.